The fraction of sp³-hybridized carbons (Fsp3) is 0.417. The second kappa shape index (κ2) is 5.42. The second-order valence-electron chi connectivity index (χ2n) is 4.29. The van der Waals surface area contributed by atoms with Crippen molar-refractivity contribution in [2.45, 2.75) is 12.3 Å². The van der Waals surface area contributed by atoms with E-state index >= 15 is 0 Å². The molecule has 0 amide bonds. The summed E-state index contributed by atoms with van der Waals surface area (Å²) in [6, 6.07) is 8.56. The van der Waals surface area contributed by atoms with Gasteiger partial charge in [-0.2, -0.15) is 20.2 Å². The van der Waals surface area contributed by atoms with Crippen molar-refractivity contribution < 1.29 is 13.0 Å². The van der Waals surface area contributed by atoms with Gasteiger partial charge in [-0.15, -0.1) is 0 Å². The van der Waals surface area contributed by atoms with Gasteiger partial charge in [0.25, 0.3) is 10.1 Å². The predicted octanol–water partition coefficient (Wildman–Crippen LogP) is 2.50. The van der Waals surface area contributed by atoms with Crippen LogP contribution in [0.5, 0.6) is 0 Å². The molecule has 0 saturated carbocycles. The minimum absolute atomic E-state index is 0.650. The molecule has 2 heterocycles. The summed E-state index contributed by atoms with van der Waals surface area (Å²) in [4.78, 5) is 4.67. The molecule has 1 aromatic rings. The lowest BCUT2D eigenvalue weighted by atomic mass is 9.94. The number of aliphatic imine (C=N–C) groups is 1. The third-order valence-corrected chi connectivity index (χ3v) is 3.80. The predicted molar refractivity (Wildman–Crippen MR) is 75.7 cm³/mol. The number of nitrogens with zero attached hydrogens (tertiary/aromatic N) is 1. The Balaban J connectivity index is 0.000000209. The third-order valence-electron chi connectivity index (χ3n) is 2.78. The normalized spacial score (nSPS) is 21.2. The lowest BCUT2D eigenvalue weighted by Gasteiger charge is -2.19. The van der Waals surface area contributed by atoms with E-state index in [1.807, 2.05) is 11.8 Å². The summed E-state index contributed by atoms with van der Waals surface area (Å²) in [6.07, 6.45) is 1.99. The van der Waals surface area contributed by atoms with E-state index < -0.39 is 10.1 Å². The molecule has 18 heavy (non-hydrogen) atoms. The maximum Gasteiger partial charge on any atom is 0.261 e. The Labute approximate surface area is 111 Å². The van der Waals surface area contributed by atoms with Crippen LogP contribution in [0.1, 0.15) is 17.9 Å². The number of thioether (sulfide) groups is 1. The molecule has 0 bridgehead atoms. The molecule has 0 aromatic heterocycles. The quantitative estimate of drug-likeness (QED) is 0.744. The van der Waals surface area contributed by atoms with E-state index in [1.165, 1.54) is 29.1 Å². The van der Waals surface area contributed by atoms with E-state index in [1.54, 1.807) is 0 Å². The van der Waals surface area contributed by atoms with Crippen molar-refractivity contribution in [3.05, 3.63) is 29.8 Å². The van der Waals surface area contributed by atoms with Gasteiger partial charge < -0.3 is 0 Å². The molecule has 1 atom stereocenters. The minimum Gasteiger partial charge on any atom is -0.286 e. The fourth-order valence-electron chi connectivity index (χ4n) is 2.13. The molecule has 2 aliphatic heterocycles. The van der Waals surface area contributed by atoms with Crippen molar-refractivity contribution in [3.63, 3.8) is 0 Å². The molecular formula is C12H15NO3S2. The van der Waals surface area contributed by atoms with Crippen molar-refractivity contribution in [1.29, 1.82) is 0 Å². The van der Waals surface area contributed by atoms with Crippen molar-refractivity contribution in [2.24, 2.45) is 4.99 Å². The highest BCUT2D eigenvalue weighted by Crippen LogP contribution is 2.40. The van der Waals surface area contributed by atoms with Gasteiger partial charge in [0, 0.05) is 17.4 Å². The van der Waals surface area contributed by atoms with E-state index in [4.69, 9.17) is 4.55 Å². The van der Waals surface area contributed by atoms with Crippen LogP contribution in [0.15, 0.2) is 29.3 Å². The van der Waals surface area contributed by atoms with E-state index in [0.717, 1.165) is 5.75 Å². The smallest absolute Gasteiger partial charge is 0.261 e. The molecule has 1 aromatic carbocycles. The van der Waals surface area contributed by atoms with Gasteiger partial charge in [-0.3, -0.25) is 9.55 Å². The number of hydrogen-bond acceptors (Lipinski definition) is 4. The van der Waals surface area contributed by atoms with Gasteiger partial charge >= 0.3 is 0 Å². The highest BCUT2D eigenvalue weighted by atomic mass is 32.2. The number of hydrogen-bond donors (Lipinski definition) is 1. The third kappa shape index (κ3) is 3.57. The van der Waals surface area contributed by atoms with Crippen LogP contribution in [0, 0.1) is 0 Å². The van der Waals surface area contributed by atoms with E-state index in [9.17, 15) is 8.42 Å². The molecule has 1 saturated heterocycles. The average Bonchev–Trinajstić information content (AvgIpc) is 2.65. The van der Waals surface area contributed by atoms with Gasteiger partial charge in [-0.25, -0.2) is 0 Å². The SMILES string of the molecule is CS(=O)(=O)O.c1ccc2c(c1)N=C1CSCCC12. The summed E-state index contributed by atoms with van der Waals surface area (Å²) >= 11 is 2.01. The number of para-hydroxylation sites is 1. The Hall–Kier alpha value is -0.850. The van der Waals surface area contributed by atoms with Gasteiger partial charge in [0.05, 0.1) is 11.9 Å². The van der Waals surface area contributed by atoms with Crippen LogP contribution in [0.3, 0.4) is 0 Å². The summed E-state index contributed by atoms with van der Waals surface area (Å²) in [7, 11) is -3.67. The number of rotatable bonds is 0. The zero-order valence-corrected chi connectivity index (χ0v) is 11.7. The van der Waals surface area contributed by atoms with E-state index in [-0.39, 0.29) is 0 Å². The Morgan fingerprint density at radius 2 is 2.06 bits per heavy atom. The molecule has 1 fully saturated rings. The van der Waals surface area contributed by atoms with Crippen molar-refractivity contribution in [3.8, 4) is 0 Å². The molecule has 1 N–H and O–H groups in total. The molecule has 0 radical (unpaired) electrons. The van der Waals surface area contributed by atoms with Crippen LogP contribution in [0.2, 0.25) is 0 Å². The molecule has 6 heteroatoms. The molecular weight excluding hydrogens is 270 g/mol. The van der Waals surface area contributed by atoms with Crippen LogP contribution in [-0.4, -0.2) is 36.4 Å². The lowest BCUT2D eigenvalue weighted by molar-refractivity contribution is 0.490. The topological polar surface area (TPSA) is 66.7 Å². The monoisotopic (exact) mass is 285 g/mol. The summed E-state index contributed by atoms with van der Waals surface area (Å²) < 4.78 is 25.9. The van der Waals surface area contributed by atoms with Crippen LogP contribution in [0.4, 0.5) is 5.69 Å². The maximum atomic E-state index is 9.19. The highest BCUT2D eigenvalue weighted by molar-refractivity contribution is 8.00. The van der Waals surface area contributed by atoms with E-state index in [0.29, 0.717) is 12.2 Å². The van der Waals surface area contributed by atoms with Crippen molar-refractivity contribution in [1.82, 2.24) is 0 Å². The Kier molecular flexibility index (Phi) is 4.09. The molecule has 98 valence electrons. The average molecular weight is 285 g/mol. The van der Waals surface area contributed by atoms with Gasteiger partial charge in [0.1, 0.15) is 0 Å². The van der Waals surface area contributed by atoms with Crippen LogP contribution >= 0.6 is 11.8 Å². The minimum atomic E-state index is -3.67. The van der Waals surface area contributed by atoms with Gasteiger partial charge in [0.2, 0.25) is 0 Å². The molecule has 3 rings (SSSR count). The summed E-state index contributed by atoms with van der Waals surface area (Å²) in [5.74, 6) is 3.08. The van der Waals surface area contributed by atoms with Gasteiger partial charge in [-0.1, -0.05) is 18.2 Å². The summed E-state index contributed by atoms with van der Waals surface area (Å²) in [5, 5.41) is 0. The largest absolute Gasteiger partial charge is 0.286 e. The standard InChI is InChI=1S/C11H11NS.CH4O3S/c1-2-4-10-8(3-1)9-5-6-13-7-11(9)12-10;1-5(2,3)4/h1-4,9H,5-7H2;1H3,(H,2,3,4). The highest BCUT2D eigenvalue weighted by Gasteiger charge is 2.28. The first-order chi connectivity index (χ1) is 8.45. The molecule has 2 aliphatic rings. The van der Waals surface area contributed by atoms with Crippen LogP contribution in [0.25, 0.3) is 0 Å². The molecule has 1 unspecified atom stereocenters. The number of benzene rings is 1. The first-order valence-electron chi connectivity index (χ1n) is 5.62. The molecule has 4 nitrogen and oxygen atoms in total. The fourth-order valence-corrected chi connectivity index (χ4v) is 3.15. The van der Waals surface area contributed by atoms with Crippen molar-refractivity contribution in [2.75, 3.05) is 17.8 Å². The zero-order valence-electron chi connectivity index (χ0n) is 10.0. The van der Waals surface area contributed by atoms with Crippen LogP contribution in [-0.2, 0) is 10.1 Å². The van der Waals surface area contributed by atoms with Crippen LogP contribution < -0.4 is 0 Å². The molecule has 0 spiro atoms. The molecule has 0 aliphatic carbocycles. The van der Waals surface area contributed by atoms with Gasteiger partial charge in [-0.05, 0) is 23.8 Å². The summed E-state index contributed by atoms with van der Waals surface area (Å²) in [5.41, 5.74) is 4.07. The lowest BCUT2D eigenvalue weighted by Crippen LogP contribution is -2.17. The summed E-state index contributed by atoms with van der Waals surface area (Å²) in [6.45, 7) is 0. The first-order valence-corrected chi connectivity index (χ1v) is 8.62. The Morgan fingerprint density at radius 1 is 1.39 bits per heavy atom. The Morgan fingerprint density at radius 3 is 2.78 bits per heavy atom. The number of fused-ring (bicyclic) bond motifs is 3. The van der Waals surface area contributed by atoms with E-state index in [2.05, 4.69) is 29.3 Å². The van der Waals surface area contributed by atoms with Gasteiger partial charge in [0.15, 0.2) is 0 Å². The van der Waals surface area contributed by atoms with Crippen molar-refractivity contribution >= 4 is 33.3 Å². The Bertz CT molecular complexity index is 558. The zero-order chi connectivity index (χ0) is 13.2. The second-order valence-corrected chi connectivity index (χ2v) is 6.86. The maximum absolute atomic E-state index is 9.19. The first kappa shape index (κ1) is 13.6.